The number of rotatable bonds is 15. The van der Waals surface area contributed by atoms with Crippen LogP contribution in [0.5, 0.6) is 11.5 Å². The van der Waals surface area contributed by atoms with Gasteiger partial charge in [-0.15, -0.1) is 27.9 Å². The Balaban J connectivity index is 1.08. The fraction of sp³-hybridized carbons (Fsp3) is 0.368. The van der Waals surface area contributed by atoms with Crippen molar-refractivity contribution in [3.8, 4) is 28.6 Å². The van der Waals surface area contributed by atoms with Gasteiger partial charge in [-0.25, -0.2) is 14.5 Å². The highest BCUT2D eigenvalue weighted by molar-refractivity contribution is 6.18. The van der Waals surface area contributed by atoms with Gasteiger partial charge in [0, 0.05) is 86.7 Å². The number of nitrogens with zero attached hydrogens (tertiary/aromatic N) is 7. The number of aromatic amines is 1. The molecule has 274 valence electrons. The van der Waals surface area contributed by atoms with Crippen molar-refractivity contribution in [2.24, 2.45) is 7.05 Å². The number of carbonyl (C=O) groups excluding carboxylic acids is 1. The molecule has 0 saturated heterocycles. The summed E-state index contributed by atoms with van der Waals surface area (Å²) in [5.74, 6) is 1.19. The van der Waals surface area contributed by atoms with Crippen molar-refractivity contribution in [1.29, 1.82) is 0 Å². The van der Waals surface area contributed by atoms with Crippen molar-refractivity contribution in [3.05, 3.63) is 83.0 Å². The summed E-state index contributed by atoms with van der Waals surface area (Å²) in [5.41, 5.74) is 4.27. The third-order valence-corrected chi connectivity index (χ3v) is 10.0. The Morgan fingerprint density at radius 2 is 1.71 bits per heavy atom. The van der Waals surface area contributed by atoms with Crippen molar-refractivity contribution in [2.45, 2.75) is 45.7 Å². The molecule has 0 bridgehead atoms. The Morgan fingerprint density at radius 3 is 2.44 bits per heavy atom. The zero-order chi connectivity index (χ0) is 37.1. The minimum Gasteiger partial charge on any atom is -0.508 e. The molecule has 3 aromatic heterocycles. The Morgan fingerprint density at radius 1 is 0.962 bits per heavy atom. The number of hydrogen-bond donors (Lipinski definition) is 3. The summed E-state index contributed by atoms with van der Waals surface area (Å²) in [4.78, 5) is 30.0. The number of aryl methyl sites for hydroxylation is 2. The molecule has 6 rings (SSSR count). The van der Waals surface area contributed by atoms with Crippen molar-refractivity contribution < 1.29 is 19.7 Å². The van der Waals surface area contributed by atoms with E-state index >= 15 is 0 Å². The van der Waals surface area contributed by atoms with Crippen LogP contribution in [-0.2, 0) is 24.9 Å². The Hall–Kier alpha value is -4.94. The summed E-state index contributed by atoms with van der Waals surface area (Å²) >= 11 is 12.0. The van der Waals surface area contributed by atoms with Gasteiger partial charge >= 0.3 is 5.69 Å². The second-order valence-corrected chi connectivity index (χ2v) is 14.1. The van der Waals surface area contributed by atoms with Crippen LogP contribution in [0.25, 0.3) is 38.9 Å². The topological polar surface area (TPSA) is 128 Å². The molecule has 0 aliphatic rings. The Labute approximate surface area is 312 Å². The number of aromatic hydroxyl groups is 2. The van der Waals surface area contributed by atoms with Crippen molar-refractivity contribution >= 4 is 56.6 Å². The fourth-order valence-electron chi connectivity index (χ4n) is 6.75. The summed E-state index contributed by atoms with van der Waals surface area (Å²) in [6.45, 7) is 7.19. The van der Waals surface area contributed by atoms with Gasteiger partial charge in [-0.3, -0.25) is 4.79 Å². The average Bonchev–Trinajstić information content (AvgIpc) is 3.80. The fourth-order valence-corrected chi connectivity index (χ4v) is 7.16. The van der Waals surface area contributed by atoms with E-state index in [0.29, 0.717) is 61.1 Å². The molecule has 0 aliphatic heterocycles. The molecule has 0 unspecified atom stereocenters. The highest BCUT2D eigenvalue weighted by Crippen LogP contribution is 2.37. The highest BCUT2D eigenvalue weighted by Gasteiger charge is 2.21. The maximum Gasteiger partial charge on any atom is 0.348 e. The third kappa shape index (κ3) is 7.49. The number of phenols is 2. The van der Waals surface area contributed by atoms with Crippen LogP contribution in [0.4, 0.5) is 5.69 Å². The van der Waals surface area contributed by atoms with Crippen LogP contribution in [0.2, 0.25) is 0 Å². The van der Waals surface area contributed by atoms with Gasteiger partial charge in [0.2, 0.25) is 12.1 Å². The molecule has 3 N–H and O–H groups in total. The van der Waals surface area contributed by atoms with E-state index in [1.807, 2.05) is 58.4 Å². The first-order valence-electron chi connectivity index (χ1n) is 17.4. The van der Waals surface area contributed by atoms with Crippen LogP contribution in [0, 0.1) is 0 Å². The van der Waals surface area contributed by atoms with Crippen molar-refractivity contribution in [2.75, 3.05) is 43.3 Å². The smallest absolute Gasteiger partial charge is 0.348 e. The van der Waals surface area contributed by atoms with Gasteiger partial charge in [-0.2, -0.15) is 9.78 Å². The van der Waals surface area contributed by atoms with E-state index in [1.54, 1.807) is 11.0 Å². The van der Waals surface area contributed by atoms with Gasteiger partial charge in [-0.1, -0.05) is 13.8 Å². The second-order valence-electron chi connectivity index (χ2n) is 13.4. The standard InChI is InChI=1S/C38H44Cl2N8O4/c1-25(2)30-22-31(35(50)23-34(30)49)37-41-42-38(52)48(37)29-8-10-33-26(20-29)11-15-46(33)19-18-43(3)36(51)6-5-14-47-24-27-21-28(7-9-32(27)44(47)4)45(16-12-39)17-13-40/h7-11,15,20-25H,5-6,12-14,16-19H2,1-4H3,(H2-,41,42,49,50,52)/p+1. The quantitative estimate of drug-likeness (QED) is 0.0912. The maximum atomic E-state index is 13.1. The highest BCUT2D eigenvalue weighted by atomic mass is 35.5. The van der Waals surface area contributed by atoms with E-state index in [9.17, 15) is 19.8 Å². The number of hydrogen-bond acceptors (Lipinski definition) is 6. The molecule has 3 heterocycles. The molecule has 14 heteroatoms. The van der Waals surface area contributed by atoms with Crippen molar-refractivity contribution in [1.82, 2.24) is 28.9 Å². The minimum atomic E-state index is -0.451. The molecule has 52 heavy (non-hydrogen) atoms. The van der Waals surface area contributed by atoms with Gasteiger partial charge < -0.3 is 24.6 Å². The number of anilines is 1. The van der Waals surface area contributed by atoms with Crippen LogP contribution in [0.15, 0.2) is 71.8 Å². The molecule has 0 saturated carbocycles. The van der Waals surface area contributed by atoms with E-state index in [4.69, 9.17) is 23.2 Å². The number of carbonyl (C=O) groups is 1. The summed E-state index contributed by atoms with van der Waals surface area (Å²) in [7, 11) is 3.87. The minimum absolute atomic E-state index is 0.00640. The third-order valence-electron chi connectivity index (χ3n) is 9.68. The number of aromatic nitrogens is 6. The second kappa shape index (κ2) is 15.7. The van der Waals surface area contributed by atoms with E-state index in [1.165, 1.54) is 10.6 Å². The lowest BCUT2D eigenvalue weighted by molar-refractivity contribution is -0.771. The summed E-state index contributed by atoms with van der Waals surface area (Å²) in [5, 5.41) is 29.7. The number of fused-ring (bicyclic) bond motifs is 2. The lowest BCUT2D eigenvalue weighted by Gasteiger charge is -2.22. The maximum absolute atomic E-state index is 13.1. The first kappa shape index (κ1) is 36.8. The lowest BCUT2D eigenvalue weighted by Crippen LogP contribution is -2.41. The molecule has 0 atom stereocenters. The molecule has 12 nitrogen and oxygen atoms in total. The van der Waals surface area contributed by atoms with Gasteiger partial charge in [0.1, 0.15) is 17.0 Å². The van der Waals surface area contributed by atoms with Crippen LogP contribution >= 0.6 is 23.2 Å². The van der Waals surface area contributed by atoms with E-state index < -0.39 is 5.69 Å². The predicted octanol–water partition coefficient (Wildman–Crippen LogP) is 5.72. The first-order chi connectivity index (χ1) is 25.0. The molecule has 0 spiro atoms. The van der Waals surface area contributed by atoms with Crippen LogP contribution in [0.1, 0.15) is 38.2 Å². The van der Waals surface area contributed by atoms with Crippen LogP contribution in [-0.4, -0.2) is 83.5 Å². The van der Waals surface area contributed by atoms with E-state index in [0.717, 1.165) is 40.6 Å². The number of halogens is 2. The normalized spacial score (nSPS) is 11.7. The molecule has 1 amide bonds. The Kier molecular flexibility index (Phi) is 11.2. The number of H-pyrrole nitrogens is 1. The monoisotopic (exact) mass is 747 g/mol. The average molecular weight is 749 g/mol. The van der Waals surface area contributed by atoms with E-state index in [-0.39, 0.29) is 29.1 Å². The lowest BCUT2D eigenvalue weighted by atomic mass is 9.98. The van der Waals surface area contributed by atoms with Gasteiger partial charge in [0.15, 0.2) is 12.4 Å². The number of amides is 1. The number of nitrogens with one attached hydrogen (secondary N) is 1. The van der Waals surface area contributed by atoms with E-state index in [2.05, 4.69) is 53.4 Å². The molecular weight excluding hydrogens is 703 g/mol. The van der Waals surface area contributed by atoms with Gasteiger partial charge in [0.05, 0.1) is 23.7 Å². The summed E-state index contributed by atoms with van der Waals surface area (Å²) < 4.78 is 7.76. The largest absolute Gasteiger partial charge is 0.508 e. The zero-order valence-electron chi connectivity index (χ0n) is 29.9. The first-order valence-corrected chi connectivity index (χ1v) is 18.5. The summed E-state index contributed by atoms with van der Waals surface area (Å²) in [6.07, 6.45) is 5.24. The van der Waals surface area contributed by atoms with Crippen LogP contribution in [0.3, 0.4) is 0 Å². The number of alkyl halides is 2. The molecule has 0 radical (unpaired) electrons. The molecule has 6 aromatic rings. The predicted molar refractivity (Wildman–Crippen MR) is 206 cm³/mol. The Bertz CT molecular complexity index is 2260. The van der Waals surface area contributed by atoms with Crippen LogP contribution < -0.4 is 15.3 Å². The van der Waals surface area contributed by atoms with Gasteiger partial charge in [-0.05, 0) is 60.0 Å². The molecule has 0 fully saturated rings. The zero-order valence-corrected chi connectivity index (χ0v) is 31.4. The van der Waals surface area contributed by atoms with Crippen molar-refractivity contribution in [3.63, 3.8) is 0 Å². The van der Waals surface area contributed by atoms with Gasteiger partial charge in [0.25, 0.3) is 0 Å². The molecule has 3 aromatic carbocycles. The molecular formula is C38H45Cl2N8O4+. The number of likely N-dealkylation sites (N-methyl/N-ethyl adjacent to an activating group) is 1. The SMILES string of the molecule is CC(C)c1cc(-c2n[nH]c(=O)n2-c2ccc3c(ccn3CCN(C)C(=O)CCC[n+]3cc4cc(N(CCCl)CCCl)ccc4n3C)c2)c(O)cc1O. The number of phenolic OH excluding ortho intramolecular Hbond substituents is 2. The molecule has 0 aliphatic carbocycles. The summed E-state index contributed by atoms with van der Waals surface area (Å²) in [6, 6.07) is 16.9. The number of benzene rings is 3.